The first kappa shape index (κ1) is 20.9. The van der Waals surface area contributed by atoms with Crippen LogP contribution in [0.5, 0.6) is 5.75 Å². The fourth-order valence-electron chi connectivity index (χ4n) is 2.70. The lowest BCUT2D eigenvalue weighted by molar-refractivity contribution is -0.114. The minimum absolute atomic E-state index is 0.0105. The monoisotopic (exact) mass is 407 g/mol. The van der Waals surface area contributed by atoms with Crippen LogP contribution in [0.4, 0.5) is 21.5 Å². The highest BCUT2D eigenvalue weighted by molar-refractivity contribution is 6.04. The molecule has 0 aliphatic carbocycles. The number of carbonyl (C=O) groups excluding carboxylic acids is 2. The van der Waals surface area contributed by atoms with E-state index in [1.165, 1.54) is 12.1 Å². The zero-order valence-electron chi connectivity index (χ0n) is 16.4. The molecule has 0 aliphatic heterocycles. The van der Waals surface area contributed by atoms with Crippen LogP contribution < -0.4 is 20.7 Å². The van der Waals surface area contributed by atoms with Crippen molar-refractivity contribution in [1.82, 2.24) is 0 Å². The van der Waals surface area contributed by atoms with Crippen LogP contribution in [-0.4, -0.2) is 25.0 Å². The number of hydrogen-bond donors (Lipinski definition) is 3. The highest BCUT2D eigenvalue weighted by atomic mass is 19.1. The van der Waals surface area contributed by atoms with Crippen molar-refractivity contribution in [3.8, 4) is 5.75 Å². The summed E-state index contributed by atoms with van der Waals surface area (Å²) in [5, 5.41) is 8.38. The molecule has 0 saturated carbocycles. The number of anilines is 3. The summed E-state index contributed by atoms with van der Waals surface area (Å²) in [5.74, 6) is -0.183. The Morgan fingerprint density at radius 3 is 2.20 bits per heavy atom. The Labute approximate surface area is 174 Å². The molecule has 0 atom stereocenters. The van der Waals surface area contributed by atoms with Gasteiger partial charge in [-0.3, -0.25) is 9.59 Å². The average molecular weight is 407 g/mol. The molecule has 0 bridgehead atoms. The molecule has 3 aromatic rings. The largest absolute Gasteiger partial charge is 0.494 e. The summed E-state index contributed by atoms with van der Waals surface area (Å²) >= 11 is 0. The van der Waals surface area contributed by atoms with Gasteiger partial charge in [0.1, 0.15) is 11.6 Å². The Hall–Kier alpha value is -3.87. The molecule has 7 heteroatoms. The third-order valence-corrected chi connectivity index (χ3v) is 4.13. The molecule has 2 amide bonds. The van der Waals surface area contributed by atoms with E-state index in [1.807, 2.05) is 6.92 Å². The number of hydrogen-bond acceptors (Lipinski definition) is 4. The molecular weight excluding hydrogens is 385 g/mol. The van der Waals surface area contributed by atoms with Crippen molar-refractivity contribution in [2.24, 2.45) is 0 Å². The van der Waals surface area contributed by atoms with Crippen LogP contribution in [0.25, 0.3) is 0 Å². The zero-order valence-corrected chi connectivity index (χ0v) is 16.4. The minimum atomic E-state index is -0.375. The van der Waals surface area contributed by atoms with E-state index in [1.54, 1.807) is 60.7 Å². The highest BCUT2D eigenvalue weighted by Gasteiger charge is 2.08. The van der Waals surface area contributed by atoms with Crippen molar-refractivity contribution >= 4 is 28.9 Å². The van der Waals surface area contributed by atoms with Gasteiger partial charge in [0, 0.05) is 22.6 Å². The van der Waals surface area contributed by atoms with E-state index in [2.05, 4.69) is 16.0 Å². The quantitative estimate of drug-likeness (QED) is 0.513. The summed E-state index contributed by atoms with van der Waals surface area (Å²) in [6.07, 6.45) is 0. The van der Waals surface area contributed by atoms with Crippen LogP contribution in [0.1, 0.15) is 17.3 Å². The number of ether oxygens (including phenoxy) is 1. The Morgan fingerprint density at radius 2 is 1.53 bits per heavy atom. The van der Waals surface area contributed by atoms with Gasteiger partial charge in [-0.15, -0.1) is 0 Å². The van der Waals surface area contributed by atoms with Crippen molar-refractivity contribution in [2.45, 2.75) is 6.92 Å². The van der Waals surface area contributed by atoms with Gasteiger partial charge in [-0.05, 0) is 73.7 Å². The molecule has 0 saturated heterocycles. The molecule has 154 valence electrons. The predicted molar refractivity (Wildman–Crippen MR) is 116 cm³/mol. The first-order chi connectivity index (χ1) is 14.5. The lowest BCUT2D eigenvalue weighted by atomic mass is 10.2. The summed E-state index contributed by atoms with van der Waals surface area (Å²) in [6.45, 7) is 2.47. The Balaban J connectivity index is 1.51. The first-order valence-electron chi connectivity index (χ1n) is 9.47. The molecule has 3 N–H and O–H groups in total. The zero-order chi connectivity index (χ0) is 21.3. The van der Waals surface area contributed by atoms with Crippen LogP contribution in [0.3, 0.4) is 0 Å². The van der Waals surface area contributed by atoms with Crippen LogP contribution in [0.15, 0.2) is 72.8 Å². The molecule has 0 unspecified atom stereocenters. The molecule has 3 rings (SSSR count). The fraction of sp³-hybridized carbons (Fsp3) is 0.130. The maximum Gasteiger partial charge on any atom is 0.255 e. The summed E-state index contributed by atoms with van der Waals surface area (Å²) < 4.78 is 18.5. The summed E-state index contributed by atoms with van der Waals surface area (Å²) in [6, 6.07) is 19.5. The molecular formula is C23H22FN3O3. The molecule has 0 aliphatic rings. The number of benzene rings is 3. The van der Waals surface area contributed by atoms with Gasteiger partial charge in [-0.2, -0.15) is 0 Å². The predicted octanol–water partition coefficient (Wildman–Crippen LogP) is 4.53. The normalized spacial score (nSPS) is 10.2. The van der Waals surface area contributed by atoms with Gasteiger partial charge in [0.2, 0.25) is 5.91 Å². The first-order valence-corrected chi connectivity index (χ1v) is 9.47. The smallest absolute Gasteiger partial charge is 0.255 e. The van der Waals surface area contributed by atoms with Crippen molar-refractivity contribution in [3.05, 3.63) is 84.2 Å². The highest BCUT2D eigenvalue weighted by Crippen LogP contribution is 2.17. The minimum Gasteiger partial charge on any atom is -0.494 e. The molecule has 0 aromatic heterocycles. The van der Waals surface area contributed by atoms with Crippen molar-refractivity contribution in [2.75, 3.05) is 29.1 Å². The second-order valence-electron chi connectivity index (χ2n) is 6.40. The van der Waals surface area contributed by atoms with Gasteiger partial charge in [0.05, 0.1) is 13.2 Å². The molecule has 30 heavy (non-hydrogen) atoms. The summed E-state index contributed by atoms with van der Waals surface area (Å²) in [5.41, 5.74) is 2.19. The fourth-order valence-corrected chi connectivity index (χ4v) is 2.70. The van der Waals surface area contributed by atoms with E-state index < -0.39 is 0 Å². The standard InChI is InChI=1S/C23H22FN3O3/c1-2-30-21-12-10-19(11-13-21)27-23(29)16-6-8-18(9-7-16)26-22(28)15-25-20-5-3-4-17(24)14-20/h3-14,25H,2,15H2,1H3,(H,26,28)(H,27,29). The number of rotatable bonds is 8. The third kappa shape index (κ3) is 6.07. The van der Waals surface area contributed by atoms with Gasteiger partial charge in [-0.25, -0.2) is 4.39 Å². The second-order valence-corrected chi connectivity index (χ2v) is 6.40. The van der Waals surface area contributed by atoms with Crippen LogP contribution >= 0.6 is 0 Å². The maximum atomic E-state index is 13.1. The van der Waals surface area contributed by atoms with E-state index in [0.717, 1.165) is 5.75 Å². The van der Waals surface area contributed by atoms with E-state index in [-0.39, 0.29) is 24.2 Å². The Bertz CT molecular complexity index is 1000. The number of amides is 2. The maximum absolute atomic E-state index is 13.1. The average Bonchev–Trinajstić information content (AvgIpc) is 2.74. The Kier molecular flexibility index (Phi) is 7.00. The Morgan fingerprint density at radius 1 is 0.867 bits per heavy atom. The van der Waals surface area contributed by atoms with E-state index >= 15 is 0 Å². The third-order valence-electron chi connectivity index (χ3n) is 4.13. The SMILES string of the molecule is CCOc1ccc(NC(=O)c2ccc(NC(=O)CNc3cccc(F)c3)cc2)cc1. The molecule has 0 radical (unpaired) electrons. The summed E-state index contributed by atoms with van der Waals surface area (Å²) in [7, 11) is 0. The number of halogens is 1. The number of carbonyl (C=O) groups is 2. The van der Waals surface area contributed by atoms with Gasteiger partial charge >= 0.3 is 0 Å². The molecule has 0 heterocycles. The molecule has 3 aromatic carbocycles. The van der Waals surface area contributed by atoms with Gasteiger partial charge in [0.15, 0.2) is 0 Å². The summed E-state index contributed by atoms with van der Waals surface area (Å²) in [4.78, 5) is 24.4. The van der Waals surface area contributed by atoms with Gasteiger partial charge in [-0.1, -0.05) is 6.07 Å². The van der Waals surface area contributed by atoms with Gasteiger partial charge < -0.3 is 20.7 Å². The molecule has 0 spiro atoms. The number of nitrogens with one attached hydrogen (secondary N) is 3. The van der Waals surface area contributed by atoms with Crippen molar-refractivity contribution < 1.29 is 18.7 Å². The van der Waals surface area contributed by atoms with Crippen LogP contribution in [0, 0.1) is 5.82 Å². The van der Waals surface area contributed by atoms with Crippen LogP contribution in [-0.2, 0) is 4.79 Å². The molecule has 6 nitrogen and oxygen atoms in total. The topological polar surface area (TPSA) is 79.5 Å². The van der Waals surface area contributed by atoms with E-state index in [0.29, 0.717) is 29.2 Å². The van der Waals surface area contributed by atoms with E-state index in [9.17, 15) is 14.0 Å². The lowest BCUT2D eigenvalue weighted by Crippen LogP contribution is -2.21. The molecule has 0 fully saturated rings. The second kappa shape index (κ2) is 10.1. The van der Waals surface area contributed by atoms with E-state index in [4.69, 9.17) is 4.74 Å². The lowest BCUT2D eigenvalue weighted by Gasteiger charge is -2.09. The van der Waals surface area contributed by atoms with Crippen molar-refractivity contribution in [3.63, 3.8) is 0 Å². The van der Waals surface area contributed by atoms with Crippen molar-refractivity contribution in [1.29, 1.82) is 0 Å². The van der Waals surface area contributed by atoms with Crippen LogP contribution in [0.2, 0.25) is 0 Å². The van der Waals surface area contributed by atoms with Gasteiger partial charge in [0.25, 0.3) is 5.91 Å².